The third kappa shape index (κ3) is 4.67. The van der Waals surface area contributed by atoms with Crippen LogP contribution in [0.25, 0.3) is 0 Å². The Morgan fingerprint density at radius 2 is 1.85 bits per heavy atom. The van der Waals surface area contributed by atoms with Crippen molar-refractivity contribution in [1.29, 1.82) is 0 Å². The van der Waals surface area contributed by atoms with Gasteiger partial charge in [0, 0.05) is 23.2 Å². The summed E-state index contributed by atoms with van der Waals surface area (Å²) in [6, 6.07) is 14.9. The minimum Gasteiger partial charge on any atom is -0.359 e. The van der Waals surface area contributed by atoms with Gasteiger partial charge in [-0.25, -0.2) is 0 Å². The Kier molecular flexibility index (Phi) is 7.02. The third-order valence-corrected chi connectivity index (χ3v) is 9.41. The molecule has 2 aromatic carbocycles. The minimum absolute atomic E-state index is 0.100. The summed E-state index contributed by atoms with van der Waals surface area (Å²) in [6.07, 6.45) is 10.4. The van der Waals surface area contributed by atoms with Crippen LogP contribution in [0.4, 0.5) is 5.69 Å². The van der Waals surface area contributed by atoms with E-state index in [4.69, 9.17) is 4.74 Å². The van der Waals surface area contributed by atoms with Gasteiger partial charge in [0.25, 0.3) is 0 Å². The topological polar surface area (TPSA) is 87.7 Å². The zero-order valence-electron chi connectivity index (χ0n) is 22.4. The lowest BCUT2D eigenvalue weighted by Gasteiger charge is -2.34. The van der Waals surface area contributed by atoms with E-state index in [2.05, 4.69) is 10.6 Å². The molecule has 3 amide bonds. The normalized spacial score (nSPS) is 29.5. The minimum atomic E-state index is -1.16. The molecule has 7 nitrogen and oxygen atoms in total. The van der Waals surface area contributed by atoms with E-state index >= 15 is 0 Å². The van der Waals surface area contributed by atoms with Gasteiger partial charge >= 0.3 is 0 Å². The molecule has 5 atom stereocenters. The molecule has 8 heteroatoms. The van der Waals surface area contributed by atoms with Crippen LogP contribution in [0.3, 0.4) is 0 Å². The number of rotatable bonds is 7. The lowest BCUT2D eigenvalue weighted by molar-refractivity contribution is -0.142. The Balaban J connectivity index is 1.32. The highest BCUT2D eigenvalue weighted by molar-refractivity contribution is 7.98. The van der Waals surface area contributed by atoms with Crippen LogP contribution < -0.4 is 10.6 Å². The molecule has 2 bridgehead atoms. The van der Waals surface area contributed by atoms with Gasteiger partial charge in [-0.1, -0.05) is 67.3 Å². The van der Waals surface area contributed by atoms with Crippen molar-refractivity contribution in [1.82, 2.24) is 10.2 Å². The Hall–Kier alpha value is -3.10. The molecule has 1 saturated carbocycles. The van der Waals surface area contributed by atoms with E-state index in [1.54, 1.807) is 16.7 Å². The Labute approximate surface area is 233 Å². The smallest absolute Gasteiger partial charge is 0.246 e. The van der Waals surface area contributed by atoms with Crippen LogP contribution in [-0.2, 0) is 25.7 Å². The number of carbonyl (C=O) groups excluding carboxylic acids is 3. The summed E-state index contributed by atoms with van der Waals surface area (Å²) in [5.41, 5.74) is 1.59. The second-order valence-corrected chi connectivity index (χ2v) is 12.1. The predicted octanol–water partition coefficient (Wildman–Crippen LogP) is 4.46. The summed E-state index contributed by atoms with van der Waals surface area (Å²) < 4.78 is 6.48. The average molecular weight is 546 g/mol. The van der Waals surface area contributed by atoms with Crippen molar-refractivity contribution in [3.63, 3.8) is 0 Å². The van der Waals surface area contributed by atoms with Gasteiger partial charge in [-0.15, -0.1) is 11.8 Å². The van der Waals surface area contributed by atoms with Gasteiger partial charge in [0.2, 0.25) is 17.7 Å². The number of nitrogens with one attached hydrogen (secondary N) is 2. The maximum atomic E-state index is 14.2. The van der Waals surface area contributed by atoms with E-state index in [-0.39, 0.29) is 30.3 Å². The van der Waals surface area contributed by atoms with Crippen molar-refractivity contribution in [3.05, 3.63) is 71.8 Å². The van der Waals surface area contributed by atoms with Crippen molar-refractivity contribution in [3.8, 4) is 0 Å². The van der Waals surface area contributed by atoms with Gasteiger partial charge in [0.1, 0.15) is 11.6 Å². The van der Waals surface area contributed by atoms with Crippen molar-refractivity contribution in [2.45, 2.75) is 74.3 Å². The molecule has 3 heterocycles. The van der Waals surface area contributed by atoms with Crippen LogP contribution in [0, 0.1) is 18.8 Å². The summed E-state index contributed by atoms with van der Waals surface area (Å²) in [5, 5.41) is 6.26. The summed E-state index contributed by atoms with van der Waals surface area (Å²) in [7, 11) is 0. The maximum absolute atomic E-state index is 14.2. The van der Waals surface area contributed by atoms with Gasteiger partial charge in [-0.05, 0) is 49.8 Å². The molecule has 204 valence electrons. The molecule has 1 aliphatic carbocycles. The van der Waals surface area contributed by atoms with Gasteiger partial charge in [0.05, 0.1) is 17.9 Å². The summed E-state index contributed by atoms with van der Waals surface area (Å²) >= 11 is 1.60. The number of nitrogens with zero attached hydrogens (tertiary/aromatic N) is 1. The predicted molar refractivity (Wildman–Crippen MR) is 151 cm³/mol. The number of amides is 3. The monoisotopic (exact) mass is 545 g/mol. The Morgan fingerprint density at radius 3 is 2.59 bits per heavy atom. The largest absolute Gasteiger partial charge is 0.359 e. The lowest BCUT2D eigenvalue weighted by Crippen LogP contribution is -2.56. The third-order valence-electron chi connectivity index (χ3n) is 8.69. The van der Waals surface area contributed by atoms with Crippen LogP contribution >= 0.6 is 11.8 Å². The van der Waals surface area contributed by atoms with Crippen molar-refractivity contribution in [2.24, 2.45) is 11.8 Å². The molecule has 6 rings (SSSR count). The van der Waals surface area contributed by atoms with E-state index in [0.29, 0.717) is 5.69 Å². The number of ether oxygens (including phenoxy) is 1. The zero-order valence-corrected chi connectivity index (χ0v) is 23.2. The second-order valence-electron chi connectivity index (χ2n) is 11.2. The van der Waals surface area contributed by atoms with Gasteiger partial charge < -0.3 is 20.3 Å². The standard InChI is InChI=1S/C31H35N3O4S/c1-19-11-13-20(14-12-19)18-34-27(29(36)32-21-7-4-3-5-8-21)31-16-15-24(38-31)25(26(31)30(34)37)28(35)33-22-9-6-10-23(17-22)39-2/h6,9-17,21,24-27H,3-5,7-8,18H2,1-2H3,(H,32,36)(H,33,35)/t24-,25+,26-,27-,31-/m0/s1. The fraction of sp³-hybridized carbons (Fsp3) is 0.452. The molecule has 4 aliphatic rings. The van der Waals surface area contributed by atoms with Crippen LogP contribution in [0.1, 0.15) is 43.2 Å². The fourth-order valence-corrected chi connectivity index (χ4v) is 7.24. The molecule has 2 N–H and O–H groups in total. The molecule has 0 aromatic heterocycles. The number of aryl methyl sites for hydroxylation is 1. The van der Waals surface area contributed by atoms with Gasteiger partial charge in [0.15, 0.2) is 0 Å². The first-order valence-corrected chi connectivity index (χ1v) is 15.1. The summed E-state index contributed by atoms with van der Waals surface area (Å²) in [4.78, 5) is 44.5. The number of fused-ring (bicyclic) bond motifs is 1. The first-order valence-electron chi connectivity index (χ1n) is 13.9. The maximum Gasteiger partial charge on any atom is 0.246 e. The van der Waals surface area contributed by atoms with Crippen LogP contribution in [-0.4, -0.2) is 52.7 Å². The Morgan fingerprint density at radius 1 is 1.08 bits per heavy atom. The van der Waals surface area contributed by atoms with Crippen molar-refractivity contribution < 1.29 is 19.1 Å². The molecule has 2 aromatic rings. The molecule has 39 heavy (non-hydrogen) atoms. The number of hydrogen-bond donors (Lipinski definition) is 2. The molecule has 0 unspecified atom stereocenters. The van der Waals surface area contributed by atoms with Crippen molar-refractivity contribution >= 4 is 35.2 Å². The first-order chi connectivity index (χ1) is 18.9. The SMILES string of the molecule is CSc1cccc(NC(=O)[C@@H]2[C@@H]3C=C[C@]4(O3)[C@@H]2C(=O)N(Cc2ccc(C)cc2)[C@H]4C(=O)NC2CCCCC2)c1. The number of anilines is 1. The summed E-state index contributed by atoms with van der Waals surface area (Å²) in [5.74, 6) is -2.13. The van der Waals surface area contributed by atoms with E-state index < -0.39 is 29.6 Å². The molecule has 1 spiro atoms. The molecular weight excluding hydrogens is 510 g/mol. The van der Waals surface area contributed by atoms with Crippen LogP contribution in [0.15, 0.2) is 65.6 Å². The second kappa shape index (κ2) is 10.5. The molecule has 0 radical (unpaired) electrons. The highest BCUT2D eigenvalue weighted by Crippen LogP contribution is 2.55. The highest BCUT2D eigenvalue weighted by Gasteiger charge is 2.72. The average Bonchev–Trinajstić information content (AvgIpc) is 3.58. The quantitative estimate of drug-likeness (QED) is 0.396. The van der Waals surface area contributed by atoms with Crippen LogP contribution in [0.2, 0.25) is 0 Å². The van der Waals surface area contributed by atoms with Crippen molar-refractivity contribution in [2.75, 3.05) is 11.6 Å². The van der Waals surface area contributed by atoms with Crippen LogP contribution in [0.5, 0.6) is 0 Å². The molecular formula is C31H35N3O4S. The fourth-order valence-electron chi connectivity index (χ4n) is 6.78. The summed E-state index contributed by atoms with van der Waals surface area (Å²) in [6.45, 7) is 2.30. The van der Waals surface area contributed by atoms with E-state index in [9.17, 15) is 14.4 Å². The first kappa shape index (κ1) is 26.1. The zero-order chi connectivity index (χ0) is 27.1. The number of carbonyl (C=O) groups is 3. The Bertz CT molecular complexity index is 1310. The molecule has 2 saturated heterocycles. The van der Waals surface area contributed by atoms with Gasteiger partial charge in [-0.3, -0.25) is 14.4 Å². The van der Waals surface area contributed by atoms with Gasteiger partial charge in [-0.2, -0.15) is 0 Å². The highest BCUT2D eigenvalue weighted by atomic mass is 32.2. The van der Waals surface area contributed by atoms with E-state index in [0.717, 1.165) is 41.7 Å². The lowest BCUT2D eigenvalue weighted by atomic mass is 9.74. The molecule has 3 fully saturated rings. The van der Waals surface area contributed by atoms with E-state index in [1.807, 2.05) is 73.9 Å². The number of thioether (sulfide) groups is 1. The number of likely N-dealkylation sites (tertiary alicyclic amines) is 1. The molecule has 3 aliphatic heterocycles. The number of benzene rings is 2. The van der Waals surface area contributed by atoms with E-state index in [1.165, 1.54) is 6.42 Å². The number of hydrogen-bond acceptors (Lipinski definition) is 5.